The summed E-state index contributed by atoms with van der Waals surface area (Å²) in [6.07, 6.45) is 7.81. The maximum atomic E-state index is 12.1. The molecule has 0 bridgehead atoms. The van der Waals surface area contributed by atoms with Gasteiger partial charge in [0.05, 0.1) is 23.6 Å². The Kier molecular flexibility index (Phi) is 8.55. The lowest BCUT2D eigenvalue weighted by Gasteiger charge is -2.14. The molecule has 0 unspecified atom stereocenters. The summed E-state index contributed by atoms with van der Waals surface area (Å²) in [5, 5.41) is 15.3. The fourth-order valence-corrected chi connectivity index (χ4v) is 2.76. The highest BCUT2D eigenvalue weighted by Crippen LogP contribution is 2.27. The number of benzene rings is 1. The van der Waals surface area contributed by atoms with Gasteiger partial charge in [0, 0.05) is 0 Å². The Labute approximate surface area is 175 Å². The largest absolute Gasteiger partial charge is 0.496 e. The standard InChI is InChI=1S/C20H26N6O4/c1-14(19(24-29-4)15-9-6-5-7-10-15)23-30-13-16-17(11-8-12-18(16)28-3)22-20(27)26(2)25-21/h5-6,8-9,11-12,21H,7,10,13H2,1-4H3,(H,22,27)/p+1/b23-14-,24-19+,25-21?. The Hall–Kier alpha value is -3.69. The first kappa shape index (κ1) is 22.6. The van der Waals surface area contributed by atoms with Crippen molar-refractivity contribution in [3.05, 3.63) is 47.6 Å². The highest BCUT2D eigenvalue weighted by molar-refractivity contribution is 6.47. The van der Waals surface area contributed by atoms with E-state index in [4.69, 9.17) is 19.9 Å². The minimum Gasteiger partial charge on any atom is -0.496 e. The lowest BCUT2D eigenvalue weighted by atomic mass is 9.98. The Morgan fingerprint density at radius 1 is 1.30 bits per heavy atom. The average molecular weight is 415 g/mol. The molecule has 0 saturated heterocycles. The predicted octanol–water partition coefficient (Wildman–Crippen LogP) is 2.46. The van der Waals surface area contributed by atoms with Gasteiger partial charge in [-0.15, -0.1) is 0 Å². The van der Waals surface area contributed by atoms with Crippen LogP contribution in [0.5, 0.6) is 5.75 Å². The highest BCUT2D eigenvalue weighted by atomic mass is 16.6. The molecule has 10 nitrogen and oxygen atoms in total. The van der Waals surface area contributed by atoms with E-state index in [0.29, 0.717) is 28.4 Å². The molecule has 0 heterocycles. The number of nitrogens with one attached hydrogen (secondary N) is 1. The number of carbonyl (C=O) groups excluding carboxylic acids is 1. The normalized spacial score (nSPS) is 13.9. The number of ether oxygens (including phenoxy) is 1. The minimum atomic E-state index is -0.501. The Balaban J connectivity index is 2.20. The molecule has 0 saturated carbocycles. The fraction of sp³-hybridized carbons (Fsp3) is 0.350. The number of urea groups is 1. The van der Waals surface area contributed by atoms with E-state index in [2.05, 4.69) is 26.9 Å². The number of amides is 2. The molecule has 2 amide bonds. The van der Waals surface area contributed by atoms with Crippen LogP contribution in [-0.2, 0) is 16.3 Å². The summed E-state index contributed by atoms with van der Waals surface area (Å²) in [4.78, 5) is 22.6. The number of nitrogens with zero attached hydrogens (tertiary/aromatic N) is 4. The van der Waals surface area contributed by atoms with Crippen LogP contribution in [0.3, 0.4) is 0 Å². The number of allylic oxidation sites excluding steroid dienone is 4. The molecular weight excluding hydrogens is 388 g/mol. The van der Waals surface area contributed by atoms with E-state index in [1.54, 1.807) is 25.1 Å². The van der Waals surface area contributed by atoms with Gasteiger partial charge in [-0.05, 0) is 37.5 Å². The first-order valence-corrected chi connectivity index (χ1v) is 9.27. The van der Waals surface area contributed by atoms with Crippen LogP contribution in [0.1, 0.15) is 25.3 Å². The third kappa shape index (κ3) is 5.90. The molecule has 10 heteroatoms. The van der Waals surface area contributed by atoms with Gasteiger partial charge in [0.1, 0.15) is 37.9 Å². The van der Waals surface area contributed by atoms with E-state index in [0.717, 1.165) is 23.4 Å². The number of anilines is 1. The second-order valence-electron chi connectivity index (χ2n) is 6.29. The van der Waals surface area contributed by atoms with Crippen molar-refractivity contribution in [3.8, 4) is 5.75 Å². The van der Waals surface area contributed by atoms with Gasteiger partial charge in [-0.3, -0.25) is 5.32 Å². The van der Waals surface area contributed by atoms with Gasteiger partial charge >= 0.3 is 6.03 Å². The van der Waals surface area contributed by atoms with Crippen LogP contribution >= 0.6 is 0 Å². The highest BCUT2D eigenvalue weighted by Gasteiger charge is 2.19. The summed E-state index contributed by atoms with van der Waals surface area (Å²) in [6, 6.07) is 4.73. The van der Waals surface area contributed by atoms with E-state index in [-0.39, 0.29) is 6.61 Å². The van der Waals surface area contributed by atoms with Crippen LogP contribution in [0.2, 0.25) is 0 Å². The lowest BCUT2D eigenvalue weighted by molar-refractivity contribution is -0.248. The third-order valence-corrected chi connectivity index (χ3v) is 4.32. The zero-order chi connectivity index (χ0) is 21.9. The van der Waals surface area contributed by atoms with E-state index >= 15 is 0 Å². The summed E-state index contributed by atoms with van der Waals surface area (Å²) in [6.45, 7) is 1.85. The molecular formula is C20H27N6O4+. The molecule has 0 radical (unpaired) electrons. The van der Waals surface area contributed by atoms with Crippen molar-refractivity contribution in [2.75, 3.05) is 26.6 Å². The Morgan fingerprint density at radius 3 is 2.73 bits per heavy atom. The van der Waals surface area contributed by atoms with Crippen molar-refractivity contribution in [1.29, 1.82) is 0 Å². The van der Waals surface area contributed by atoms with Crippen molar-refractivity contribution < 1.29 is 24.7 Å². The van der Waals surface area contributed by atoms with E-state index < -0.39 is 6.03 Å². The summed E-state index contributed by atoms with van der Waals surface area (Å²) in [5.74, 6) is 0.541. The number of methoxy groups -OCH3 is 1. The summed E-state index contributed by atoms with van der Waals surface area (Å²) >= 11 is 0. The van der Waals surface area contributed by atoms with Gasteiger partial charge in [0.2, 0.25) is 0 Å². The maximum absolute atomic E-state index is 12.1. The quantitative estimate of drug-likeness (QED) is 0.365. The van der Waals surface area contributed by atoms with E-state index in [9.17, 15) is 4.79 Å². The molecule has 1 aromatic carbocycles. The van der Waals surface area contributed by atoms with Gasteiger partial charge in [-0.2, -0.15) is 5.53 Å². The van der Waals surface area contributed by atoms with Crippen molar-refractivity contribution in [2.24, 2.45) is 15.5 Å². The monoisotopic (exact) mass is 415 g/mol. The third-order valence-electron chi connectivity index (χ3n) is 4.32. The molecule has 0 spiro atoms. The molecule has 3 N–H and O–H groups in total. The molecule has 2 rings (SSSR count). The second kappa shape index (κ2) is 11.3. The van der Waals surface area contributed by atoms with Crippen LogP contribution in [0, 0.1) is 0 Å². The molecule has 0 fully saturated rings. The molecule has 1 aromatic rings. The smallest absolute Gasteiger partial charge is 0.433 e. The topological polar surface area (TPSA) is 123 Å². The lowest BCUT2D eigenvalue weighted by Crippen LogP contribution is -2.37. The number of hydrogen-bond donors (Lipinski definition) is 2. The number of carbonyl (C=O) groups is 1. The van der Waals surface area contributed by atoms with E-state index in [1.807, 2.05) is 12.2 Å². The number of oxime groups is 2. The van der Waals surface area contributed by atoms with E-state index in [1.165, 1.54) is 21.3 Å². The van der Waals surface area contributed by atoms with Gasteiger partial charge < -0.3 is 14.4 Å². The van der Waals surface area contributed by atoms with Crippen LogP contribution in [-0.4, -0.2) is 43.7 Å². The predicted molar refractivity (Wildman–Crippen MR) is 113 cm³/mol. The summed E-state index contributed by atoms with van der Waals surface area (Å²) in [7, 11) is 4.46. The van der Waals surface area contributed by atoms with Crippen molar-refractivity contribution >= 4 is 23.1 Å². The molecule has 30 heavy (non-hydrogen) atoms. The van der Waals surface area contributed by atoms with Crippen molar-refractivity contribution in [2.45, 2.75) is 26.4 Å². The van der Waals surface area contributed by atoms with Crippen LogP contribution in [0.25, 0.3) is 0 Å². The molecule has 1 aliphatic rings. The average Bonchev–Trinajstić information content (AvgIpc) is 2.78. The molecule has 0 aromatic heterocycles. The summed E-state index contributed by atoms with van der Waals surface area (Å²) in [5.41, 5.74) is 8.46. The number of rotatable bonds is 9. The Morgan fingerprint density at radius 2 is 2.10 bits per heavy atom. The Bertz CT molecular complexity index is 891. The van der Waals surface area contributed by atoms with Gasteiger partial charge in [0.15, 0.2) is 0 Å². The van der Waals surface area contributed by atoms with Crippen LogP contribution in [0.4, 0.5) is 10.5 Å². The van der Waals surface area contributed by atoms with Gasteiger partial charge in [0.25, 0.3) is 0 Å². The van der Waals surface area contributed by atoms with Crippen molar-refractivity contribution in [3.63, 3.8) is 0 Å². The molecule has 0 atom stereocenters. The molecule has 0 aliphatic heterocycles. The number of nitrogens with two attached hydrogens (primary N) is 1. The fourth-order valence-electron chi connectivity index (χ4n) is 2.76. The van der Waals surface area contributed by atoms with Crippen LogP contribution < -0.4 is 15.6 Å². The first-order valence-electron chi connectivity index (χ1n) is 9.27. The zero-order valence-corrected chi connectivity index (χ0v) is 17.6. The van der Waals surface area contributed by atoms with Crippen molar-refractivity contribution in [1.82, 2.24) is 5.01 Å². The maximum Gasteiger partial charge on any atom is 0.433 e. The number of hydrogen-bond acceptors (Lipinski definition) is 7. The zero-order valence-electron chi connectivity index (χ0n) is 17.6. The van der Waals surface area contributed by atoms with Crippen LogP contribution in [0.15, 0.2) is 57.5 Å². The van der Waals surface area contributed by atoms with Gasteiger partial charge in [-0.25, -0.2) is 4.79 Å². The SMILES string of the molecule is CO/N=C(C1=CC=CCC1)\C(C)=N/OCc1c(NC(=O)N(C)N=[NH2+])cccc1OC. The molecule has 1 aliphatic carbocycles. The second-order valence-corrected chi connectivity index (χ2v) is 6.29. The first-order chi connectivity index (χ1) is 14.5. The van der Waals surface area contributed by atoms with Gasteiger partial charge in [-0.1, -0.05) is 39.6 Å². The minimum absolute atomic E-state index is 0.0552. The summed E-state index contributed by atoms with van der Waals surface area (Å²) < 4.78 is 5.39. The molecule has 160 valence electrons.